The molecule has 5 nitrogen and oxygen atoms in total. The van der Waals surface area contributed by atoms with E-state index in [1.807, 2.05) is 5.32 Å². The van der Waals surface area contributed by atoms with Gasteiger partial charge in [0, 0.05) is 24.2 Å². The summed E-state index contributed by atoms with van der Waals surface area (Å²) in [4.78, 5) is 6.91. The van der Waals surface area contributed by atoms with Gasteiger partial charge in [0.15, 0.2) is 17.3 Å². The molecule has 2 aromatic rings. The summed E-state index contributed by atoms with van der Waals surface area (Å²) in [5, 5.41) is 13.4. The Morgan fingerprint density at radius 3 is 2.20 bits per heavy atom. The molecule has 0 bridgehead atoms. The highest BCUT2D eigenvalue weighted by molar-refractivity contribution is 5.59. The van der Waals surface area contributed by atoms with Gasteiger partial charge in [0.05, 0.1) is 6.61 Å². The number of aliphatic hydroxyl groups excluding tert-OH is 1. The first-order valence-corrected chi connectivity index (χ1v) is 6.85. The Morgan fingerprint density at radius 2 is 1.68 bits per heavy atom. The topological polar surface area (TPSA) is 70.1 Å². The number of anilines is 3. The molecule has 0 unspecified atom stereocenters. The molecule has 3 N–H and O–H groups in total. The molecule has 0 aliphatic carbocycles. The maximum Gasteiger partial charge on any atom is 0.433 e. The number of halogens is 6. The fourth-order valence-corrected chi connectivity index (χ4v) is 1.78. The number of hydrogen-bond donors (Lipinski definition) is 3. The molecular weight excluding hydrogens is 354 g/mol. The van der Waals surface area contributed by atoms with Crippen LogP contribution in [0.3, 0.4) is 0 Å². The van der Waals surface area contributed by atoms with Crippen molar-refractivity contribution in [3.05, 3.63) is 41.3 Å². The van der Waals surface area contributed by atoms with Gasteiger partial charge in [-0.2, -0.15) is 18.2 Å². The van der Waals surface area contributed by atoms with Gasteiger partial charge in [-0.15, -0.1) is 0 Å². The summed E-state index contributed by atoms with van der Waals surface area (Å²) >= 11 is 0. The van der Waals surface area contributed by atoms with Crippen LogP contribution in [0, 0.1) is 17.5 Å². The molecule has 0 saturated carbocycles. The SMILES string of the molecule is C[C@@H](CO)Nc1nc(Nc2c(F)cc(F)cc2F)cc(C(F)(F)F)n1. The number of aromatic nitrogens is 2. The van der Waals surface area contributed by atoms with Gasteiger partial charge < -0.3 is 15.7 Å². The quantitative estimate of drug-likeness (QED) is 0.707. The molecule has 1 heterocycles. The Morgan fingerprint density at radius 1 is 1.08 bits per heavy atom. The Balaban J connectivity index is 2.44. The van der Waals surface area contributed by atoms with Crippen molar-refractivity contribution in [3.63, 3.8) is 0 Å². The van der Waals surface area contributed by atoms with Crippen molar-refractivity contribution in [2.24, 2.45) is 0 Å². The Kier molecular flexibility index (Phi) is 5.36. The molecule has 0 aliphatic heterocycles. The van der Waals surface area contributed by atoms with Gasteiger partial charge in [-0.05, 0) is 6.92 Å². The third kappa shape index (κ3) is 4.72. The maximum atomic E-state index is 13.6. The van der Waals surface area contributed by atoms with Crippen molar-refractivity contribution in [3.8, 4) is 0 Å². The normalized spacial score (nSPS) is 12.8. The second-order valence-electron chi connectivity index (χ2n) is 5.06. The number of aliphatic hydroxyl groups is 1. The zero-order valence-electron chi connectivity index (χ0n) is 12.6. The van der Waals surface area contributed by atoms with Crippen molar-refractivity contribution >= 4 is 17.5 Å². The van der Waals surface area contributed by atoms with Gasteiger partial charge in [0.1, 0.15) is 17.3 Å². The third-order valence-corrected chi connectivity index (χ3v) is 2.93. The van der Waals surface area contributed by atoms with Crippen LogP contribution >= 0.6 is 0 Å². The van der Waals surface area contributed by atoms with Crippen LogP contribution in [0.25, 0.3) is 0 Å². The van der Waals surface area contributed by atoms with E-state index in [9.17, 15) is 26.3 Å². The van der Waals surface area contributed by atoms with E-state index in [1.165, 1.54) is 6.92 Å². The number of nitrogens with zero attached hydrogens (tertiary/aromatic N) is 2. The molecule has 0 radical (unpaired) electrons. The lowest BCUT2D eigenvalue weighted by molar-refractivity contribution is -0.141. The minimum atomic E-state index is -4.85. The average Bonchev–Trinajstić information content (AvgIpc) is 2.49. The lowest BCUT2D eigenvalue weighted by Crippen LogP contribution is -2.22. The first-order valence-electron chi connectivity index (χ1n) is 6.85. The predicted molar refractivity (Wildman–Crippen MR) is 76.8 cm³/mol. The van der Waals surface area contributed by atoms with Crippen molar-refractivity contribution in [1.82, 2.24) is 9.97 Å². The summed E-state index contributed by atoms with van der Waals surface area (Å²) in [7, 11) is 0. The van der Waals surface area contributed by atoms with Crippen LogP contribution < -0.4 is 10.6 Å². The van der Waals surface area contributed by atoms with Gasteiger partial charge in [0.25, 0.3) is 0 Å². The Bertz CT molecular complexity index is 744. The summed E-state index contributed by atoms with van der Waals surface area (Å²) < 4.78 is 79.0. The van der Waals surface area contributed by atoms with E-state index >= 15 is 0 Å². The molecule has 25 heavy (non-hydrogen) atoms. The van der Waals surface area contributed by atoms with E-state index < -0.39 is 59.4 Å². The fourth-order valence-electron chi connectivity index (χ4n) is 1.78. The third-order valence-electron chi connectivity index (χ3n) is 2.93. The van der Waals surface area contributed by atoms with E-state index in [0.717, 1.165) is 0 Å². The summed E-state index contributed by atoms with van der Waals surface area (Å²) in [6.07, 6.45) is -4.85. The Hall–Kier alpha value is -2.56. The second kappa shape index (κ2) is 7.13. The number of benzene rings is 1. The average molecular weight is 366 g/mol. The number of nitrogens with one attached hydrogen (secondary N) is 2. The highest BCUT2D eigenvalue weighted by Crippen LogP contribution is 2.31. The van der Waals surface area contributed by atoms with Crippen molar-refractivity contribution in [2.45, 2.75) is 19.1 Å². The zero-order chi connectivity index (χ0) is 18.8. The monoisotopic (exact) mass is 366 g/mol. The first-order chi connectivity index (χ1) is 11.6. The van der Waals surface area contributed by atoms with Crippen molar-refractivity contribution < 1.29 is 31.4 Å². The number of hydrogen-bond acceptors (Lipinski definition) is 5. The summed E-state index contributed by atoms with van der Waals surface area (Å²) in [5.41, 5.74) is -2.24. The van der Waals surface area contributed by atoms with Crippen LogP contribution in [0.5, 0.6) is 0 Å². The summed E-state index contributed by atoms with van der Waals surface area (Å²) in [5.74, 6) is -4.95. The molecule has 136 valence electrons. The van der Waals surface area contributed by atoms with Gasteiger partial charge in [-0.1, -0.05) is 0 Å². The molecule has 11 heteroatoms. The van der Waals surface area contributed by atoms with Crippen LogP contribution in [-0.2, 0) is 6.18 Å². The van der Waals surface area contributed by atoms with Crippen LogP contribution in [0.4, 0.5) is 43.8 Å². The zero-order valence-corrected chi connectivity index (χ0v) is 12.6. The van der Waals surface area contributed by atoms with Crippen molar-refractivity contribution in [1.29, 1.82) is 0 Å². The molecule has 2 rings (SSSR count). The van der Waals surface area contributed by atoms with E-state index in [4.69, 9.17) is 5.11 Å². The van der Waals surface area contributed by atoms with E-state index in [2.05, 4.69) is 15.3 Å². The summed E-state index contributed by atoms with van der Waals surface area (Å²) in [6.45, 7) is 1.04. The smallest absolute Gasteiger partial charge is 0.394 e. The van der Waals surface area contributed by atoms with Crippen LogP contribution in [-0.4, -0.2) is 27.7 Å². The van der Waals surface area contributed by atoms with Gasteiger partial charge in [-0.25, -0.2) is 18.2 Å². The van der Waals surface area contributed by atoms with Crippen LogP contribution in [0.15, 0.2) is 18.2 Å². The molecule has 0 amide bonds. The lowest BCUT2D eigenvalue weighted by atomic mass is 10.2. The first kappa shape index (κ1) is 18.8. The highest BCUT2D eigenvalue weighted by atomic mass is 19.4. The molecule has 0 aliphatic rings. The highest BCUT2D eigenvalue weighted by Gasteiger charge is 2.34. The van der Waals surface area contributed by atoms with Gasteiger partial charge in [0.2, 0.25) is 5.95 Å². The Labute approximate surface area is 137 Å². The lowest BCUT2D eigenvalue weighted by Gasteiger charge is -2.15. The summed E-state index contributed by atoms with van der Waals surface area (Å²) in [6, 6.07) is 0.501. The van der Waals surface area contributed by atoms with E-state index in [1.54, 1.807) is 0 Å². The van der Waals surface area contributed by atoms with E-state index in [-0.39, 0.29) is 0 Å². The minimum Gasteiger partial charge on any atom is -0.394 e. The van der Waals surface area contributed by atoms with Gasteiger partial charge >= 0.3 is 6.18 Å². The molecule has 1 atom stereocenters. The second-order valence-corrected chi connectivity index (χ2v) is 5.06. The largest absolute Gasteiger partial charge is 0.433 e. The maximum absolute atomic E-state index is 13.6. The molecule has 1 aromatic heterocycles. The molecular formula is C14H12F6N4O. The minimum absolute atomic E-state index is 0.365. The fraction of sp³-hybridized carbons (Fsp3) is 0.286. The molecule has 1 aromatic carbocycles. The predicted octanol–water partition coefficient (Wildman–Crippen LogP) is 3.45. The number of alkyl halides is 3. The standard InChI is InChI=1S/C14H12F6N4O/c1-6(5-25)21-13-22-10(14(18,19)20)4-11(24-13)23-12-8(16)2-7(15)3-9(12)17/h2-4,6,25H,5H2,1H3,(H2,21,22,23,24)/t6-/m0/s1. The molecule has 0 saturated heterocycles. The van der Waals surface area contributed by atoms with Gasteiger partial charge in [-0.3, -0.25) is 0 Å². The number of rotatable bonds is 5. The molecule has 0 spiro atoms. The van der Waals surface area contributed by atoms with Crippen LogP contribution in [0.2, 0.25) is 0 Å². The van der Waals surface area contributed by atoms with Crippen molar-refractivity contribution in [2.75, 3.05) is 17.2 Å². The van der Waals surface area contributed by atoms with Crippen LogP contribution in [0.1, 0.15) is 12.6 Å². The van der Waals surface area contributed by atoms with E-state index in [0.29, 0.717) is 18.2 Å². The molecule has 0 fully saturated rings.